The van der Waals surface area contributed by atoms with E-state index in [1.165, 1.54) is 0 Å². The molecular weight excluding hydrogens is 383 g/mol. The Morgan fingerprint density at radius 2 is 1.71 bits per heavy atom. The average Bonchev–Trinajstić information content (AvgIpc) is 3.12. The van der Waals surface area contributed by atoms with Crippen LogP contribution in [0.3, 0.4) is 0 Å². The molecule has 1 fully saturated rings. The van der Waals surface area contributed by atoms with Crippen LogP contribution < -0.4 is 5.32 Å². The normalized spacial score (nSPS) is 14.9. The molecule has 0 amide bonds. The monoisotopic (exact) mass is 400 g/mol. The van der Waals surface area contributed by atoms with E-state index in [0.29, 0.717) is 25.0 Å². The fourth-order valence-electron chi connectivity index (χ4n) is 3.29. The molecule has 1 aliphatic carbocycles. The molecule has 0 atom stereocenters. The van der Waals surface area contributed by atoms with Crippen LogP contribution in [-0.4, -0.2) is 24.1 Å². The van der Waals surface area contributed by atoms with Crippen LogP contribution in [-0.2, 0) is 10.9 Å². The number of carbonyl (C=O) groups excluding carboxylic acids is 1. The third-order valence-corrected chi connectivity index (χ3v) is 4.57. The van der Waals surface area contributed by atoms with Gasteiger partial charge in [0.1, 0.15) is 23.0 Å². The highest BCUT2D eigenvalue weighted by atomic mass is 19.4. The summed E-state index contributed by atoms with van der Waals surface area (Å²) in [6.45, 7) is 0. The average molecular weight is 400 g/mol. The summed E-state index contributed by atoms with van der Waals surface area (Å²) in [5, 5.41) is 2.88. The number of esters is 1. The van der Waals surface area contributed by atoms with Gasteiger partial charge in [-0.15, -0.1) is 0 Å². The minimum absolute atomic E-state index is 0.156. The first-order valence-corrected chi connectivity index (χ1v) is 8.62. The summed E-state index contributed by atoms with van der Waals surface area (Å²) in [5.74, 6) is -3.41. The van der Waals surface area contributed by atoms with E-state index in [9.17, 15) is 26.7 Å². The van der Waals surface area contributed by atoms with E-state index in [0.717, 1.165) is 32.1 Å². The number of aromatic nitrogens is 1. The van der Waals surface area contributed by atoms with Crippen molar-refractivity contribution in [3.8, 4) is 11.3 Å². The van der Waals surface area contributed by atoms with Crippen LogP contribution in [0, 0.1) is 11.6 Å². The Labute approximate surface area is 157 Å². The summed E-state index contributed by atoms with van der Waals surface area (Å²) in [4.78, 5) is 16.2. The number of hydrogen-bond acceptors (Lipinski definition) is 4. The van der Waals surface area contributed by atoms with Gasteiger partial charge in [-0.3, -0.25) is 0 Å². The van der Waals surface area contributed by atoms with Gasteiger partial charge in [-0.2, -0.15) is 13.2 Å². The first kappa shape index (κ1) is 20.0. The Hall–Kier alpha value is -2.71. The Morgan fingerprint density at radius 3 is 2.25 bits per heavy atom. The van der Waals surface area contributed by atoms with Crippen molar-refractivity contribution < 1.29 is 31.5 Å². The number of alkyl halides is 3. The van der Waals surface area contributed by atoms with Gasteiger partial charge in [0, 0.05) is 17.7 Å². The van der Waals surface area contributed by atoms with Crippen LogP contribution in [0.25, 0.3) is 11.3 Å². The zero-order valence-electron chi connectivity index (χ0n) is 14.9. The third-order valence-electron chi connectivity index (χ3n) is 4.57. The number of halogens is 5. The van der Waals surface area contributed by atoms with E-state index in [2.05, 4.69) is 15.0 Å². The van der Waals surface area contributed by atoms with E-state index in [1.54, 1.807) is 0 Å². The van der Waals surface area contributed by atoms with Crippen molar-refractivity contribution in [3.63, 3.8) is 0 Å². The number of ether oxygens (including phenoxy) is 1. The molecule has 3 rings (SSSR count). The van der Waals surface area contributed by atoms with Gasteiger partial charge in [-0.1, -0.05) is 12.8 Å². The highest BCUT2D eigenvalue weighted by Gasteiger charge is 2.39. The minimum atomic E-state index is -4.90. The second-order valence-corrected chi connectivity index (χ2v) is 6.55. The molecule has 1 aromatic heterocycles. The molecule has 1 saturated carbocycles. The summed E-state index contributed by atoms with van der Waals surface area (Å²) in [6.07, 6.45) is -1.69. The molecule has 1 aromatic carbocycles. The molecule has 4 nitrogen and oxygen atoms in total. The highest BCUT2D eigenvalue weighted by molar-refractivity contribution is 5.97. The molecule has 1 aliphatic rings. The predicted octanol–water partition coefficient (Wildman–Crippen LogP) is 5.19. The van der Waals surface area contributed by atoms with Crippen LogP contribution in [0.2, 0.25) is 0 Å². The van der Waals surface area contributed by atoms with Crippen LogP contribution >= 0.6 is 0 Å². The van der Waals surface area contributed by atoms with Crippen LogP contribution in [0.5, 0.6) is 0 Å². The van der Waals surface area contributed by atoms with E-state index < -0.39 is 34.9 Å². The number of hydrogen-bond donors (Lipinski definition) is 1. The summed E-state index contributed by atoms with van der Waals surface area (Å²) in [5.41, 5.74) is -2.51. The largest absolute Gasteiger partial charge is 0.465 e. The molecule has 0 saturated heterocycles. The zero-order valence-corrected chi connectivity index (χ0v) is 14.9. The maximum absolute atomic E-state index is 13.7. The van der Waals surface area contributed by atoms with E-state index in [-0.39, 0.29) is 23.1 Å². The van der Waals surface area contributed by atoms with Crippen LogP contribution in [0.1, 0.15) is 41.6 Å². The lowest BCUT2D eigenvalue weighted by Crippen LogP contribution is -2.23. The number of methoxy groups -OCH3 is 1. The highest BCUT2D eigenvalue weighted by Crippen LogP contribution is 2.38. The number of pyridine rings is 1. The van der Waals surface area contributed by atoms with Gasteiger partial charge in [0.2, 0.25) is 0 Å². The van der Waals surface area contributed by atoms with E-state index in [4.69, 9.17) is 0 Å². The molecule has 150 valence electrons. The maximum atomic E-state index is 13.7. The maximum Gasteiger partial charge on any atom is 0.417 e. The number of nitrogens with zero attached hydrogens (tertiary/aromatic N) is 1. The van der Waals surface area contributed by atoms with Crippen molar-refractivity contribution in [1.82, 2.24) is 4.98 Å². The predicted molar refractivity (Wildman–Crippen MR) is 91.8 cm³/mol. The lowest BCUT2D eigenvalue weighted by molar-refractivity contribution is -0.138. The SMILES string of the molecule is COC(=O)c1c(C(F)(F)F)cc(-c2cc(F)cc(F)c2)nc1NC1CCCC1. The van der Waals surface area contributed by atoms with Gasteiger partial charge in [0.25, 0.3) is 0 Å². The van der Waals surface area contributed by atoms with Gasteiger partial charge in [-0.25, -0.2) is 18.6 Å². The molecule has 9 heteroatoms. The Bertz CT molecular complexity index is 872. The molecule has 1 N–H and O–H groups in total. The second-order valence-electron chi connectivity index (χ2n) is 6.55. The standard InChI is InChI=1S/C19H17F5N2O2/c1-28-18(27)16-14(19(22,23)24)9-15(10-6-11(20)8-12(21)7-10)26-17(16)25-13-4-2-3-5-13/h6-9,13H,2-5H2,1H3,(H,25,26). The van der Waals surface area contributed by atoms with Crippen molar-refractivity contribution in [2.45, 2.75) is 37.9 Å². The minimum Gasteiger partial charge on any atom is -0.465 e. The summed E-state index contributed by atoms with van der Waals surface area (Å²) in [6, 6.07) is 2.80. The summed E-state index contributed by atoms with van der Waals surface area (Å²) in [7, 11) is 0.970. The lowest BCUT2D eigenvalue weighted by Gasteiger charge is -2.20. The molecule has 0 spiro atoms. The van der Waals surface area contributed by atoms with E-state index in [1.807, 2.05) is 0 Å². The first-order valence-electron chi connectivity index (χ1n) is 8.62. The van der Waals surface area contributed by atoms with Crippen LogP contribution in [0.4, 0.5) is 27.8 Å². The Kier molecular flexibility index (Phi) is 5.53. The molecule has 1 heterocycles. The first-order chi connectivity index (χ1) is 13.2. The van der Waals surface area contributed by atoms with Crippen molar-refractivity contribution in [3.05, 3.63) is 47.0 Å². The third kappa shape index (κ3) is 4.23. The van der Waals surface area contributed by atoms with Crippen molar-refractivity contribution in [1.29, 1.82) is 0 Å². The van der Waals surface area contributed by atoms with Crippen molar-refractivity contribution in [2.24, 2.45) is 0 Å². The Morgan fingerprint density at radius 1 is 1.11 bits per heavy atom. The number of benzene rings is 1. The molecular formula is C19H17F5N2O2. The number of nitrogens with one attached hydrogen (secondary N) is 1. The summed E-state index contributed by atoms with van der Waals surface area (Å²) < 4.78 is 72.7. The fraction of sp³-hybridized carbons (Fsp3) is 0.368. The van der Waals surface area contributed by atoms with Gasteiger partial charge < -0.3 is 10.1 Å². The number of rotatable bonds is 4. The zero-order chi connectivity index (χ0) is 20.5. The van der Waals surface area contributed by atoms with Crippen LogP contribution in [0.15, 0.2) is 24.3 Å². The molecule has 0 bridgehead atoms. The molecule has 28 heavy (non-hydrogen) atoms. The lowest BCUT2D eigenvalue weighted by atomic mass is 10.0. The Balaban J connectivity index is 2.22. The van der Waals surface area contributed by atoms with Crippen molar-refractivity contribution >= 4 is 11.8 Å². The van der Waals surface area contributed by atoms with Gasteiger partial charge in [0.15, 0.2) is 0 Å². The molecule has 0 radical (unpaired) electrons. The topological polar surface area (TPSA) is 51.2 Å². The number of anilines is 1. The van der Waals surface area contributed by atoms with Gasteiger partial charge in [0.05, 0.1) is 18.4 Å². The van der Waals surface area contributed by atoms with Crippen molar-refractivity contribution in [2.75, 3.05) is 12.4 Å². The number of carbonyl (C=O) groups is 1. The molecule has 2 aromatic rings. The molecule has 0 unspecified atom stereocenters. The van der Waals surface area contributed by atoms with E-state index >= 15 is 0 Å². The fourth-order valence-corrected chi connectivity index (χ4v) is 3.29. The quantitative estimate of drug-likeness (QED) is 0.567. The second kappa shape index (κ2) is 7.73. The van der Waals surface area contributed by atoms with Gasteiger partial charge in [-0.05, 0) is 31.0 Å². The smallest absolute Gasteiger partial charge is 0.417 e. The van der Waals surface area contributed by atoms with Gasteiger partial charge >= 0.3 is 12.1 Å². The molecule has 0 aliphatic heterocycles. The summed E-state index contributed by atoms with van der Waals surface area (Å²) >= 11 is 0.